The molecule has 0 fully saturated rings. The first kappa shape index (κ1) is 13.7. The summed E-state index contributed by atoms with van der Waals surface area (Å²) in [6, 6.07) is 8.45. The van der Waals surface area contributed by atoms with Gasteiger partial charge in [0.15, 0.2) is 0 Å². The molecule has 0 radical (unpaired) electrons. The molecule has 1 aliphatic rings. The van der Waals surface area contributed by atoms with Crippen molar-refractivity contribution in [2.45, 2.75) is 39.5 Å². The molecule has 22 heavy (non-hydrogen) atoms. The first-order valence-corrected chi connectivity index (χ1v) is 8.71. The summed E-state index contributed by atoms with van der Waals surface area (Å²) in [4.78, 5) is 12.2. The van der Waals surface area contributed by atoms with Crippen molar-refractivity contribution < 1.29 is 0 Å². The molecule has 0 unspecified atom stereocenters. The van der Waals surface area contributed by atoms with Crippen molar-refractivity contribution >= 4 is 33.1 Å². The Kier molecular flexibility index (Phi) is 3.34. The normalized spacial score (nSPS) is 13.5. The van der Waals surface area contributed by atoms with E-state index in [9.17, 15) is 0 Å². The van der Waals surface area contributed by atoms with E-state index in [1.165, 1.54) is 34.2 Å². The first-order valence-electron chi connectivity index (χ1n) is 7.89. The Balaban J connectivity index is 1.87. The summed E-state index contributed by atoms with van der Waals surface area (Å²) in [7, 11) is 0. The molecule has 2 heterocycles. The molecule has 4 rings (SSSR count). The number of nitrogens with one attached hydrogen (secondary N) is 1. The lowest BCUT2D eigenvalue weighted by molar-refractivity contribution is 0.915. The molecule has 0 spiro atoms. The molecule has 0 aliphatic heterocycles. The number of hydrogen-bond acceptors (Lipinski definition) is 4. The van der Waals surface area contributed by atoms with E-state index in [2.05, 4.69) is 43.4 Å². The van der Waals surface area contributed by atoms with Crippen molar-refractivity contribution in [2.24, 2.45) is 0 Å². The molecule has 0 saturated heterocycles. The van der Waals surface area contributed by atoms with Crippen LogP contribution >= 0.6 is 11.3 Å². The highest BCUT2D eigenvalue weighted by Crippen LogP contribution is 2.40. The number of benzene rings is 1. The Morgan fingerprint density at radius 2 is 2.14 bits per heavy atom. The van der Waals surface area contributed by atoms with E-state index in [0.29, 0.717) is 0 Å². The first-order chi connectivity index (χ1) is 10.7. The molecule has 3 nitrogen and oxygen atoms in total. The fourth-order valence-electron chi connectivity index (χ4n) is 3.15. The molecule has 0 amide bonds. The van der Waals surface area contributed by atoms with Crippen LogP contribution in [0.15, 0.2) is 24.3 Å². The molecular formula is C18H19N3S. The number of fused-ring (bicyclic) bond motifs is 3. The summed E-state index contributed by atoms with van der Waals surface area (Å²) in [5.41, 5.74) is 3.82. The minimum absolute atomic E-state index is 0.862. The smallest absolute Gasteiger partial charge is 0.143 e. The molecule has 1 aliphatic carbocycles. The second kappa shape index (κ2) is 5.36. The Morgan fingerprint density at radius 1 is 1.23 bits per heavy atom. The predicted molar refractivity (Wildman–Crippen MR) is 93.3 cm³/mol. The summed E-state index contributed by atoms with van der Waals surface area (Å²) in [5.74, 6) is 1.90. The molecule has 4 heteroatoms. The number of aromatic nitrogens is 2. The second-order valence-electron chi connectivity index (χ2n) is 5.87. The van der Waals surface area contributed by atoms with Crippen molar-refractivity contribution in [3.05, 3.63) is 46.1 Å². The van der Waals surface area contributed by atoms with Gasteiger partial charge < -0.3 is 5.32 Å². The van der Waals surface area contributed by atoms with Crippen LogP contribution < -0.4 is 5.32 Å². The number of hydrogen-bond donors (Lipinski definition) is 1. The predicted octanol–water partition coefficient (Wildman–Crippen LogP) is 4.79. The van der Waals surface area contributed by atoms with Gasteiger partial charge in [-0.1, -0.05) is 19.1 Å². The highest BCUT2D eigenvalue weighted by atomic mass is 32.1. The molecule has 1 N–H and O–H groups in total. The van der Waals surface area contributed by atoms with Crippen LogP contribution in [0, 0.1) is 6.92 Å². The zero-order valence-corrected chi connectivity index (χ0v) is 13.8. The van der Waals surface area contributed by atoms with E-state index in [1.807, 2.05) is 11.3 Å². The lowest BCUT2D eigenvalue weighted by atomic mass is 10.1. The molecule has 0 atom stereocenters. The quantitative estimate of drug-likeness (QED) is 0.755. The van der Waals surface area contributed by atoms with Crippen molar-refractivity contribution in [1.82, 2.24) is 9.97 Å². The standard InChI is InChI=1S/C18H19N3S/c1-3-15-20-17(19-12-7-4-6-11(2)10-12)16-13-8-5-9-14(13)22-18(16)21-15/h4,6-7,10H,3,5,8-9H2,1-2H3,(H,19,20,21). The highest BCUT2D eigenvalue weighted by molar-refractivity contribution is 7.19. The van der Waals surface area contributed by atoms with Gasteiger partial charge >= 0.3 is 0 Å². The van der Waals surface area contributed by atoms with Crippen LogP contribution in [0.25, 0.3) is 10.2 Å². The van der Waals surface area contributed by atoms with Gasteiger partial charge in [0.1, 0.15) is 16.5 Å². The minimum atomic E-state index is 0.862. The van der Waals surface area contributed by atoms with Crippen LogP contribution in [0.3, 0.4) is 0 Å². The molecule has 0 saturated carbocycles. The van der Waals surface area contributed by atoms with Crippen molar-refractivity contribution in [2.75, 3.05) is 5.32 Å². The maximum Gasteiger partial charge on any atom is 0.143 e. The average Bonchev–Trinajstić information content (AvgIpc) is 3.07. The van der Waals surface area contributed by atoms with Crippen molar-refractivity contribution in [3.8, 4) is 0 Å². The van der Waals surface area contributed by atoms with E-state index in [1.54, 1.807) is 0 Å². The van der Waals surface area contributed by atoms with Crippen LogP contribution in [0.5, 0.6) is 0 Å². The van der Waals surface area contributed by atoms with Gasteiger partial charge in [0, 0.05) is 17.0 Å². The van der Waals surface area contributed by atoms with Gasteiger partial charge in [-0.25, -0.2) is 9.97 Å². The van der Waals surface area contributed by atoms with E-state index in [4.69, 9.17) is 9.97 Å². The third-order valence-electron chi connectivity index (χ3n) is 4.21. The van der Waals surface area contributed by atoms with Gasteiger partial charge in [-0.05, 0) is 49.4 Å². The maximum atomic E-state index is 4.78. The zero-order chi connectivity index (χ0) is 15.1. The van der Waals surface area contributed by atoms with Crippen LogP contribution in [0.2, 0.25) is 0 Å². The topological polar surface area (TPSA) is 37.8 Å². The summed E-state index contributed by atoms with van der Waals surface area (Å²) < 4.78 is 0. The second-order valence-corrected chi connectivity index (χ2v) is 6.96. The third-order valence-corrected chi connectivity index (χ3v) is 5.39. The maximum absolute atomic E-state index is 4.78. The van der Waals surface area contributed by atoms with Gasteiger partial charge in [-0.15, -0.1) is 11.3 Å². The van der Waals surface area contributed by atoms with Gasteiger partial charge in [-0.3, -0.25) is 0 Å². The molecule has 3 aromatic rings. The Morgan fingerprint density at radius 3 is 2.95 bits per heavy atom. The largest absolute Gasteiger partial charge is 0.340 e. The Hall–Kier alpha value is -1.94. The van der Waals surface area contributed by atoms with Crippen LogP contribution in [0.1, 0.15) is 35.2 Å². The number of thiophene rings is 1. The number of aryl methyl sites for hydroxylation is 4. The molecule has 112 valence electrons. The summed E-state index contributed by atoms with van der Waals surface area (Å²) in [6.07, 6.45) is 4.48. The number of rotatable bonds is 3. The molecule has 2 aromatic heterocycles. The van der Waals surface area contributed by atoms with Crippen LogP contribution in [0.4, 0.5) is 11.5 Å². The molecule has 0 bridgehead atoms. The zero-order valence-electron chi connectivity index (χ0n) is 12.9. The third kappa shape index (κ3) is 2.28. The van der Waals surface area contributed by atoms with Gasteiger partial charge in [0.25, 0.3) is 0 Å². The SMILES string of the molecule is CCc1nc(Nc2cccc(C)c2)c2c3c(sc2n1)CCC3. The fraction of sp³-hybridized carbons (Fsp3) is 0.333. The van der Waals surface area contributed by atoms with E-state index < -0.39 is 0 Å². The number of anilines is 2. The Labute approximate surface area is 134 Å². The fourth-order valence-corrected chi connectivity index (χ4v) is 4.43. The van der Waals surface area contributed by atoms with E-state index in [0.717, 1.165) is 35.0 Å². The van der Waals surface area contributed by atoms with Crippen LogP contribution in [-0.2, 0) is 19.3 Å². The lowest BCUT2D eigenvalue weighted by Crippen LogP contribution is -2.01. The Bertz CT molecular complexity index is 851. The highest BCUT2D eigenvalue weighted by Gasteiger charge is 2.22. The van der Waals surface area contributed by atoms with Gasteiger partial charge in [0.05, 0.1) is 5.39 Å². The molecular weight excluding hydrogens is 290 g/mol. The van der Waals surface area contributed by atoms with Gasteiger partial charge in [0.2, 0.25) is 0 Å². The molecule has 1 aromatic carbocycles. The average molecular weight is 309 g/mol. The number of nitrogens with zero attached hydrogens (tertiary/aromatic N) is 2. The van der Waals surface area contributed by atoms with Gasteiger partial charge in [-0.2, -0.15) is 0 Å². The van der Waals surface area contributed by atoms with Crippen molar-refractivity contribution in [3.63, 3.8) is 0 Å². The van der Waals surface area contributed by atoms with E-state index >= 15 is 0 Å². The minimum Gasteiger partial charge on any atom is -0.340 e. The summed E-state index contributed by atoms with van der Waals surface area (Å²) in [5, 5.41) is 4.78. The summed E-state index contributed by atoms with van der Waals surface area (Å²) in [6.45, 7) is 4.22. The van der Waals surface area contributed by atoms with Crippen LogP contribution in [-0.4, -0.2) is 9.97 Å². The summed E-state index contributed by atoms with van der Waals surface area (Å²) >= 11 is 1.85. The van der Waals surface area contributed by atoms with E-state index in [-0.39, 0.29) is 0 Å². The van der Waals surface area contributed by atoms with Crippen molar-refractivity contribution in [1.29, 1.82) is 0 Å². The monoisotopic (exact) mass is 309 g/mol. The lowest BCUT2D eigenvalue weighted by Gasteiger charge is -2.10.